The number of aryl methyl sites for hydroxylation is 1. The molecule has 3 rings (SSSR count). The molecule has 1 aromatic carbocycles. The Labute approximate surface area is 118 Å². The second-order valence-electron chi connectivity index (χ2n) is 5.10. The van der Waals surface area contributed by atoms with E-state index in [1.54, 1.807) is 0 Å². The van der Waals surface area contributed by atoms with Crippen molar-refractivity contribution in [1.82, 2.24) is 4.98 Å². The molecule has 0 saturated carbocycles. The molecular formula is C17H17NO2. The van der Waals surface area contributed by atoms with Crippen molar-refractivity contribution in [2.24, 2.45) is 0 Å². The summed E-state index contributed by atoms with van der Waals surface area (Å²) in [5, 5.41) is 0. The van der Waals surface area contributed by atoms with E-state index in [0.29, 0.717) is 0 Å². The lowest BCUT2D eigenvalue weighted by molar-refractivity contribution is -0.147. The second kappa shape index (κ2) is 5.45. The fraction of sp³-hybridized carbons (Fsp3) is 0.294. The van der Waals surface area contributed by atoms with Crippen LogP contribution in [0.25, 0.3) is 11.3 Å². The topological polar surface area (TPSA) is 39.2 Å². The average Bonchev–Trinajstić information content (AvgIpc) is 2.47. The largest absolute Gasteiger partial charge is 0.456 e. The van der Waals surface area contributed by atoms with Gasteiger partial charge in [0.25, 0.3) is 0 Å². The molecule has 1 aliphatic rings. The molecule has 1 aliphatic carbocycles. The number of ether oxygens (including phenoxy) is 1. The summed E-state index contributed by atoms with van der Waals surface area (Å²) in [4.78, 5) is 16.0. The first-order valence-corrected chi connectivity index (χ1v) is 6.96. The number of nitrogens with zero attached hydrogens (tertiary/aromatic N) is 1. The molecule has 20 heavy (non-hydrogen) atoms. The van der Waals surface area contributed by atoms with Gasteiger partial charge in [0.05, 0.1) is 11.4 Å². The Balaban J connectivity index is 1.99. The highest BCUT2D eigenvalue weighted by atomic mass is 16.5. The summed E-state index contributed by atoms with van der Waals surface area (Å²) >= 11 is 0. The summed E-state index contributed by atoms with van der Waals surface area (Å²) in [5.41, 5.74) is 4.14. The van der Waals surface area contributed by atoms with E-state index in [4.69, 9.17) is 9.72 Å². The zero-order chi connectivity index (χ0) is 13.9. The molecule has 0 aliphatic heterocycles. The predicted octanol–water partition coefficient (Wildman–Crippen LogP) is 3.69. The van der Waals surface area contributed by atoms with Crippen LogP contribution >= 0.6 is 0 Å². The van der Waals surface area contributed by atoms with Crippen LogP contribution in [0.1, 0.15) is 37.1 Å². The van der Waals surface area contributed by atoms with Crippen molar-refractivity contribution in [2.45, 2.75) is 32.3 Å². The Hall–Kier alpha value is -2.16. The highest BCUT2D eigenvalue weighted by Crippen LogP contribution is 2.33. The minimum atomic E-state index is -0.241. The molecule has 0 fully saturated rings. The van der Waals surface area contributed by atoms with Crippen LogP contribution in [0.4, 0.5) is 0 Å². The van der Waals surface area contributed by atoms with E-state index in [0.717, 1.165) is 36.2 Å². The van der Waals surface area contributed by atoms with Gasteiger partial charge in [-0.3, -0.25) is 4.79 Å². The van der Waals surface area contributed by atoms with Gasteiger partial charge in [0, 0.05) is 12.5 Å². The van der Waals surface area contributed by atoms with E-state index in [1.165, 1.54) is 12.5 Å². The fourth-order valence-corrected chi connectivity index (χ4v) is 2.69. The van der Waals surface area contributed by atoms with Gasteiger partial charge in [-0.25, -0.2) is 4.98 Å². The van der Waals surface area contributed by atoms with Gasteiger partial charge in [0.2, 0.25) is 0 Å². The van der Waals surface area contributed by atoms with E-state index in [1.807, 2.05) is 36.4 Å². The number of aromatic nitrogens is 1. The van der Waals surface area contributed by atoms with Gasteiger partial charge in [-0.15, -0.1) is 0 Å². The number of esters is 1. The number of hydrogen-bond acceptors (Lipinski definition) is 3. The van der Waals surface area contributed by atoms with Crippen molar-refractivity contribution in [3.63, 3.8) is 0 Å². The number of carbonyl (C=O) groups excluding carboxylic acids is 1. The van der Waals surface area contributed by atoms with Gasteiger partial charge in [-0.2, -0.15) is 0 Å². The third-order valence-electron chi connectivity index (χ3n) is 3.61. The second-order valence-corrected chi connectivity index (χ2v) is 5.10. The summed E-state index contributed by atoms with van der Waals surface area (Å²) in [5.74, 6) is -0.241. The smallest absolute Gasteiger partial charge is 0.303 e. The zero-order valence-electron chi connectivity index (χ0n) is 11.5. The third-order valence-corrected chi connectivity index (χ3v) is 3.61. The Bertz CT molecular complexity index is 622. The maximum Gasteiger partial charge on any atom is 0.303 e. The van der Waals surface area contributed by atoms with Gasteiger partial charge in [-0.05, 0) is 30.9 Å². The maximum absolute atomic E-state index is 11.2. The van der Waals surface area contributed by atoms with Crippen molar-refractivity contribution in [1.29, 1.82) is 0 Å². The van der Waals surface area contributed by atoms with E-state index in [-0.39, 0.29) is 12.1 Å². The van der Waals surface area contributed by atoms with Crippen LogP contribution < -0.4 is 0 Å². The molecule has 0 saturated heterocycles. The molecule has 1 aromatic heterocycles. The molecule has 3 nitrogen and oxygen atoms in total. The lowest BCUT2D eigenvalue weighted by atomic mass is 9.93. The molecular weight excluding hydrogens is 250 g/mol. The SMILES string of the molecule is CC(=O)O[C@@H]1CCCc2ccc(-c3ccccc3)nc21. The highest BCUT2D eigenvalue weighted by Gasteiger charge is 2.24. The Morgan fingerprint density at radius 3 is 2.75 bits per heavy atom. The van der Waals surface area contributed by atoms with Crippen LogP contribution in [0, 0.1) is 0 Å². The Kier molecular flexibility index (Phi) is 3.50. The number of rotatable bonds is 2. The summed E-state index contributed by atoms with van der Waals surface area (Å²) < 4.78 is 5.41. The Morgan fingerprint density at radius 1 is 1.20 bits per heavy atom. The summed E-state index contributed by atoms with van der Waals surface area (Å²) in [6.07, 6.45) is 2.71. The van der Waals surface area contributed by atoms with Crippen molar-refractivity contribution in [3.05, 3.63) is 53.7 Å². The van der Waals surface area contributed by atoms with E-state index >= 15 is 0 Å². The average molecular weight is 267 g/mol. The van der Waals surface area contributed by atoms with Crippen LogP contribution in [0.2, 0.25) is 0 Å². The fourth-order valence-electron chi connectivity index (χ4n) is 2.69. The molecule has 1 atom stereocenters. The van der Waals surface area contributed by atoms with E-state index < -0.39 is 0 Å². The van der Waals surface area contributed by atoms with Crippen molar-refractivity contribution in [3.8, 4) is 11.3 Å². The van der Waals surface area contributed by atoms with Crippen LogP contribution in [0.15, 0.2) is 42.5 Å². The number of fused-ring (bicyclic) bond motifs is 1. The standard InChI is InChI=1S/C17H17NO2/c1-12(19)20-16-9-5-8-14-10-11-15(18-17(14)16)13-6-3-2-4-7-13/h2-4,6-7,10-11,16H,5,8-9H2,1H3/t16-/m1/s1. The Morgan fingerprint density at radius 2 is 2.00 bits per heavy atom. The summed E-state index contributed by atoms with van der Waals surface area (Å²) in [6, 6.07) is 14.2. The van der Waals surface area contributed by atoms with Crippen LogP contribution in [-0.4, -0.2) is 11.0 Å². The molecule has 102 valence electrons. The number of benzene rings is 1. The molecule has 1 heterocycles. The quantitative estimate of drug-likeness (QED) is 0.779. The van der Waals surface area contributed by atoms with Crippen molar-refractivity contribution >= 4 is 5.97 Å². The highest BCUT2D eigenvalue weighted by molar-refractivity contribution is 5.66. The van der Waals surface area contributed by atoms with Crippen molar-refractivity contribution in [2.75, 3.05) is 0 Å². The summed E-state index contributed by atoms with van der Waals surface area (Å²) in [6.45, 7) is 1.45. The molecule has 0 bridgehead atoms. The first kappa shape index (κ1) is 12.9. The lowest BCUT2D eigenvalue weighted by Gasteiger charge is -2.24. The molecule has 0 radical (unpaired) electrons. The summed E-state index contributed by atoms with van der Waals surface area (Å²) in [7, 11) is 0. The van der Waals surface area contributed by atoms with E-state index in [9.17, 15) is 4.79 Å². The first-order chi connectivity index (χ1) is 9.74. The van der Waals surface area contributed by atoms with Crippen LogP contribution in [0.5, 0.6) is 0 Å². The minimum Gasteiger partial charge on any atom is -0.456 e. The van der Waals surface area contributed by atoms with Gasteiger partial charge in [0.1, 0.15) is 6.10 Å². The van der Waals surface area contributed by atoms with Gasteiger partial charge >= 0.3 is 5.97 Å². The van der Waals surface area contributed by atoms with Gasteiger partial charge < -0.3 is 4.74 Å². The van der Waals surface area contributed by atoms with E-state index in [2.05, 4.69) is 6.07 Å². The molecule has 3 heteroatoms. The molecule has 0 unspecified atom stereocenters. The molecule has 2 aromatic rings. The predicted molar refractivity (Wildman–Crippen MR) is 77.1 cm³/mol. The van der Waals surface area contributed by atoms with Crippen LogP contribution in [-0.2, 0) is 16.0 Å². The van der Waals surface area contributed by atoms with Crippen molar-refractivity contribution < 1.29 is 9.53 Å². The molecule has 0 amide bonds. The number of pyridine rings is 1. The van der Waals surface area contributed by atoms with Crippen LogP contribution in [0.3, 0.4) is 0 Å². The number of carbonyl (C=O) groups is 1. The number of hydrogen-bond donors (Lipinski definition) is 0. The van der Waals surface area contributed by atoms with Gasteiger partial charge in [0.15, 0.2) is 0 Å². The molecule has 0 spiro atoms. The maximum atomic E-state index is 11.2. The normalized spacial score (nSPS) is 17.4. The zero-order valence-corrected chi connectivity index (χ0v) is 11.5. The molecule has 0 N–H and O–H groups in total. The third kappa shape index (κ3) is 2.57. The van der Waals surface area contributed by atoms with Gasteiger partial charge in [-0.1, -0.05) is 36.4 Å². The monoisotopic (exact) mass is 267 g/mol. The minimum absolute atomic E-state index is 0.195. The lowest BCUT2D eigenvalue weighted by Crippen LogP contribution is -2.17. The first-order valence-electron chi connectivity index (χ1n) is 6.96.